The molecule has 4 nitrogen and oxygen atoms in total. The highest BCUT2D eigenvalue weighted by atomic mass is 79.9. The lowest BCUT2D eigenvalue weighted by atomic mass is 9.79. The van der Waals surface area contributed by atoms with Crippen molar-refractivity contribution >= 4 is 21.9 Å². The number of aliphatic carboxylic acids is 1. The summed E-state index contributed by atoms with van der Waals surface area (Å²) in [5.41, 5.74) is -0.908. The van der Waals surface area contributed by atoms with E-state index in [-0.39, 0.29) is 12.5 Å². The van der Waals surface area contributed by atoms with Crippen molar-refractivity contribution in [1.82, 2.24) is 0 Å². The summed E-state index contributed by atoms with van der Waals surface area (Å²) in [5, 5.41) is 19.3. The third kappa shape index (κ3) is 3.94. The Morgan fingerprint density at radius 2 is 2.11 bits per heavy atom. The van der Waals surface area contributed by atoms with E-state index >= 15 is 0 Å². The molecular weight excluding hydrogens is 312 g/mol. The second-order valence-corrected chi connectivity index (χ2v) is 6.00. The van der Waals surface area contributed by atoms with Crippen LogP contribution in [0, 0.1) is 5.92 Å². The summed E-state index contributed by atoms with van der Waals surface area (Å²) in [6, 6.07) is 7.44. The number of carboxylic acid groups (broad SMARTS) is 1. The van der Waals surface area contributed by atoms with Crippen LogP contribution in [0.4, 0.5) is 0 Å². The van der Waals surface area contributed by atoms with E-state index in [2.05, 4.69) is 15.9 Å². The molecule has 0 bridgehead atoms. The van der Waals surface area contributed by atoms with Crippen LogP contribution >= 0.6 is 15.9 Å². The lowest BCUT2D eigenvalue weighted by molar-refractivity contribution is -0.145. The first kappa shape index (κ1) is 14.3. The molecule has 1 aromatic rings. The predicted molar refractivity (Wildman–Crippen MR) is 74.2 cm³/mol. The summed E-state index contributed by atoms with van der Waals surface area (Å²) in [6.07, 6.45) is 1.96. The minimum Gasteiger partial charge on any atom is -0.491 e. The van der Waals surface area contributed by atoms with E-state index in [1.165, 1.54) is 0 Å². The lowest BCUT2D eigenvalue weighted by Gasteiger charge is -2.34. The van der Waals surface area contributed by atoms with Crippen LogP contribution in [0.5, 0.6) is 5.75 Å². The summed E-state index contributed by atoms with van der Waals surface area (Å²) in [4.78, 5) is 10.9. The number of hydrogen-bond acceptors (Lipinski definition) is 3. The molecule has 0 heterocycles. The molecule has 0 aromatic heterocycles. The summed E-state index contributed by atoms with van der Waals surface area (Å²) in [7, 11) is 0. The molecule has 5 heteroatoms. The summed E-state index contributed by atoms with van der Waals surface area (Å²) in [5.74, 6) is -0.399. The van der Waals surface area contributed by atoms with Gasteiger partial charge in [0.05, 0.1) is 11.5 Å². The maximum absolute atomic E-state index is 10.9. The molecule has 0 spiro atoms. The molecule has 104 valence electrons. The van der Waals surface area contributed by atoms with Crippen molar-refractivity contribution in [2.24, 2.45) is 5.92 Å². The number of benzene rings is 1. The number of rotatable bonds is 4. The van der Waals surface area contributed by atoms with Crippen molar-refractivity contribution < 1.29 is 19.7 Å². The molecule has 0 saturated heterocycles. The Morgan fingerprint density at radius 1 is 1.42 bits per heavy atom. The zero-order chi connectivity index (χ0) is 13.9. The van der Waals surface area contributed by atoms with Gasteiger partial charge in [-0.05, 0) is 43.9 Å². The van der Waals surface area contributed by atoms with Crippen molar-refractivity contribution in [3.63, 3.8) is 0 Å². The Labute approximate surface area is 120 Å². The average Bonchev–Trinajstić information content (AvgIpc) is 2.37. The van der Waals surface area contributed by atoms with Gasteiger partial charge in [-0.15, -0.1) is 0 Å². The molecule has 1 aliphatic carbocycles. The molecule has 1 saturated carbocycles. The van der Waals surface area contributed by atoms with Gasteiger partial charge in [0.2, 0.25) is 0 Å². The topological polar surface area (TPSA) is 66.8 Å². The molecule has 19 heavy (non-hydrogen) atoms. The van der Waals surface area contributed by atoms with E-state index in [1.54, 1.807) is 0 Å². The molecule has 0 radical (unpaired) electrons. The summed E-state index contributed by atoms with van der Waals surface area (Å²) >= 11 is 3.36. The van der Waals surface area contributed by atoms with Gasteiger partial charge in [0, 0.05) is 4.47 Å². The predicted octanol–water partition coefficient (Wildman–Crippen LogP) is 2.83. The molecule has 2 N–H and O–H groups in total. The van der Waals surface area contributed by atoms with Gasteiger partial charge in [0.25, 0.3) is 0 Å². The van der Waals surface area contributed by atoms with Crippen LogP contribution in [0.3, 0.4) is 0 Å². The van der Waals surface area contributed by atoms with Gasteiger partial charge in [0.1, 0.15) is 12.4 Å². The summed E-state index contributed by atoms with van der Waals surface area (Å²) < 4.78 is 6.52. The van der Waals surface area contributed by atoms with E-state index in [0.29, 0.717) is 31.4 Å². The Morgan fingerprint density at radius 3 is 2.68 bits per heavy atom. The van der Waals surface area contributed by atoms with Crippen LogP contribution < -0.4 is 4.74 Å². The number of hydrogen-bond donors (Lipinski definition) is 2. The van der Waals surface area contributed by atoms with E-state index in [4.69, 9.17) is 9.84 Å². The largest absolute Gasteiger partial charge is 0.491 e. The van der Waals surface area contributed by atoms with Crippen molar-refractivity contribution in [2.45, 2.75) is 31.3 Å². The van der Waals surface area contributed by atoms with Gasteiger partial charge in [0.15, 0.2) is 0 Å². The Bertz CT molecular complexity index is 453. The fraction of sp³-hybridized carbons (Fsp3) is 0.500. The number of carbonyl (C=O) groups is 1. The molecule has 1 aromatic carbocycles. The van der Waals surface area contributed by atoms with Gasteiger partial charge in [-0.3, -0.25) is 4.79 Å². The monoisotopic (exact) mass is 328 g/mol. The molecule has 0 unspecified atom stereocenters. The number of ether oxygens (including phenoxy) is 1. The van der Waals surface area contributed by atoms with Crippen molar-refractivity contribution in [1.29, 1.82) is 0 Å². The van der Waals surface area contributed by atoms with Gasteiger partial charge in [-0.2, -0.15) is 0 Å². The van der Waals surface area contributed by atoms with Gasteiger partial charge in [-0.25, -0.2) is 0 Å². The lowest BCUT2D eigenvalue weighted by Crippen LogP contribution is -2.41. The highest BCUT2D eigenvalue weighted by molar-refractivity contribution is 9.10. The van der Waals surface area contributed by atoms with Crippen LogP contribution in [0.25, 0.3) is 0 Å². The van der Waals surface area contributed by atoms with Crippen molar-refractivity contribution in [2.75, 3.05) is 6.61 Å². The normalized spacial score (nSPS) is 26.9. The molecule has 0 amide bonds. The van der Waals surface area contributed by atoms with Crippen LogP contribution in [0.2, 0.25) is 0 Å². The van der Waals surface area contributed by atoms with E-state index in [9.17, 15) is 9.90 Å². The van der Waals surface area contributed by atoms with E-state index in [1.807, 2.05) is 24.3 Å². The highest BCUT2D eigenvalue weighted by Gasteiger charge is 2.36. The number of aliphatic hydroxyl groups is 1. The first-order valence-electron chi connectivity index (χ1n) is 6.32. The minimum atomic E-state index is -0.908. The fourth-order valence-corrected chi connectivity index (χ4v) is 2.70. The zero-order valence-electron chi connectivity index (χ0n) is 10.5. The molecule has 0 atom stereocenters. The van der Waals surface area contributed by atoms with Crippen LogP contribution in [-0.2, 0) is 4.79 Å². The van der Waals surface area contributed by atoms with Crippen molar-refractivity contribution in [3.8, 4) is 5.75 Å². The number of halogens is 1. The quantitative estimate of drug-likeness (QED) is 0.891. The second-order valence-electron chi connectivity index (χ2n) is 5.08. The number of carboxylic acids is 1. The smallest absolute Gasteiger partial charge is 0.306 e. The fourth-order valence-electron chi connectivity index (χ4n) is 2.32. The molecular formula is C14H17BrO4. The standard InChI is InChI=1S/C14H17BrO4/c15-11-2-1-3-12(8-11)19-9-14(18)6-4-10(5-7-14)13(16)17/h1-3,8,10,18H,4-7,9H2,(H,16,17). The Balaban J connectivity index is 1.88. The van der Waals surface area contributed by atoms with E-state index < -0.39 is 11.6 Å². The van der Waals surface area contributed by atoms with Crippen LogP contribution in [0.1, 0.15) is 25.7 Å². The van der Waals surface area contributed by atoms with Gasteiger partial charge >= 0.3 is 5.97 Å². The zero-order valence-corrected chi connectivity index (χ0v) is 12.1. The van der Waals surface area contributed by atoms with Crippen LogP contribution in [-0.4, -0.2) is 28.4 Å². The first-order valence-corrected chi connectivity index (χ1v) is 7.11. The first-order chi connectivity index (χ1) is 8.98. The second kappa shape index (κ2) is 5.92. The summed E-state index contributed by atoms with van der Waals surface area (Å²) in [6.45, 7) is 0.204. The molecule has 1 fully saturated rings. The minimum absolute atomic E-state index is 0.204. The SMILES string of the molecule is O=C(O)C1CCC(O)(COc2cccc(Br)c2)CC1. The molecule has 1 aliphatic rings. The maximum atomic E-state index is 10.9. The Kier molecular flexibility index (Phi) is 4.47. The molecule has 2 rings (SSSR count). The maximum Gasteiger partial charge on any atom is 0.306 e. The van der Waals surface area contributed by atoms with Crippen molar-refractivity contribution in [3.05, 3.63) is 28.7 Å². The van der Waals surface area contributed by atoms with E-state index in [0.717, 1.165) is 4.47 Å². The third-order valence-electron chi connectivity index (χ3n) is 3.57. The third-order valence-corrected chi connectivity index (χ3v) is 4.06. The average molecular weight is 329 g/mol. The molecule has 0 aliphatic heterocycles. The Hall–Kier alpha value is -1.07. The van der Waals surface area contributed by atoms with Gasteiger partial charge < -0.3 is 14.9 Å². The van der Waals surface area contributed by atoms with Gasteiger partial charge in [-0.1, -0.05) is 22.0 Å². The highest BCUT2D eigenvalue weighted by Crippen LogP contribution is 2.33. The van der Waals surface area contributed by atoms with Crippen LogP contribution in [0.15, 0.2) is 28.7 Å².